The summed E-state index contributed by atoms with van der Waals surface area (Å²) in [7, 11) is 0. The summed E-state index contributed by atoms with van der Waals surface area (Å²) in [6.45, 7) is 2.96. The van der Waals surface area contributed by atoms with Gasteiger partial charge in [-0.1, -0.05) is 6.07 Å². The Hall–Kier alpha value is -2.63. The van der Waals surface area contributed by atoms with E-state index in [2.05, 4.69) is 15.6 Å². The van der Waals surface area contributed by atoms with Gasteiger partial charge >= 0.3 is 5.97 Å². The minimum absolute atomic E-state index is 0.0149. The van der Waals surface area contributed by atoms with Crippen molar-refractivity contribution in [3.63, 3.8) is 0 Å². The summed E-state index contributed by atoms with van der Waals surface area (Å²) >= 11 is 0. The molecule has 0 spiro atoms. The number of fused-ring (bicyclic) bond motifs is 1. The van der Waals surface area contributed by atoms with Gasteiger partial charge in [-0.3, -0.25) is 4.79 Å². The molecule has 0 aliphatic rings. The fourth-order valence-electron chi connectivity index (χ4n) is 2.03. The molecule has 6 heteroatoms. The Morgan fingerprint density at radius 3 is 2.76 bits per heavy atom. The Morgan fingerprint density at radius 1 is 1.24 bits per heavy atom. The van der Waals surface area contributed by atoms with E-state index >= 15 is 0 Å². The Balaban J connectivity index is 2.09. The number of nitrogens with one attached hydrogen (secondary N) is 2. The Kier molecular flexibility index (Phi) is 4.71. The second kappa shape index (κ2) is 6.69. The summed E-state index contributed by atoms with van der Waals surface area (Å²) < 4.78 is 0. The molecule has 0 radical (unpaired) electrons. The first kappa shape index (κ1) is 14.8. The average molecular weight is 287 g/mol. The molecular formula is C15H17N3O3. The minimum Gasteiger partial charge on any atom is -0.478 e. The van der Waals surface area contributed by atoms with E-state index in [0.29, 0.717) is 36.2 Å². The third-order valence-electron chi connectivity index (χ3n) is 2.99. The molecule has 0 fully saturated rings. The third-order valence-corrected chi connectivity index (χ3v) is 2.99. The van der Waals surface area contributed by atoms with E-state index in [4.69, 9.17) is 5.11 Å². The summed E-state index contributed by atoms with van der Waals surface area (Å²) in [5.74, 6) is -0.368. The molecule has 0 saturated heterocycles. The van der Waals surface area contributed by atoms with Gasteiger partial charge in [0.1, 0.15) is 5.82 Å². The molecule has 1 heterocycles. The van der Waals surface area contributed by atoms with Crippen molar-refractivity contribution in [1.29, 1.82) is 0 Å². The molecule has 1 aromatic heterocycles. The van der Waals surface area contributed by atoms with Gasteiger partial charge in [-0.25, -0.2) is 9.78 Å². The van der Waals surface area contributed by atoms with E-state index in [0.717, 1.165) is 0 Å². The minimum atomic E-state index is -0.973. The number of aromatic nitrogens is 1. The van der Waals surface area contributed by atoms with Crippen LogP contribution in [0.5, 0.6) is 0 Å². The van der Waals surface area contributed by atoms with Gasteiger partial charge in [0.2, 0.25) is 5.91 Å². The van der Waals surface area contributed by atoms with E-state index < -0.39 is 5.97 Å². The number of hydrogen-bond acceptors (Lipinski definition) is 4. The normalized spacial score (nSPS) is 10.3. The SMILES string of the molecule is CCNC(=O)CCNc1ccc2c(C(=O)O)cccc2n1. The molecule has 110 valence electrons. The van der Waals surface area contributed by atoms with Crippen molar-refractivity contribution in [2.75, 3.05) is 18.4 Å². The molecule has 0 aliphatic carbocycles. The standard InChI is InChI=1S/C15H17N3O3/c1-2-16-14(19)8-9-17-13-7-6-10-11(15(20)21)4-3-5-12(10)18-13/h3-7H,2,8-9H2,1H3,(H,16,19)(H,17,18)(H,20,21). The van der Waals surface area contributed by atoms with Gasteiger partial charge in [0, 0.05) is 24.9 Å². The fourth-order valence-corrected chi connectivity index (χ4v) is 2.03. The van der Waals surface area contributed by atoms with Gasteiger partial charge < -0.3 is 15.7 Å². The number of hydrogen-bond donors (Lipinski definition) is 3. The molecule has 0 saturated carbocycles. The lowest BCUT2D eigenvalue weighted by molar-refractivity contribution is -0.120. The molecule has 1 aromatic carbocycles. The molecule has 0 aliphatic heterocycles. The maximum Gasteiger partial charge on any atom is 0.336 e. The van der Waals surface area contributed by atoms with Crippen LogP contribution in [0.1, 0.15) is 23.7 Å². The highest BCUT2D eigenvalue weighted by molar-refractivity contribution is 6.02. The number of amides is 1. The summed E-state index contributed by atoms with van der Waals surface area (Å²) in [4.78, 5) is 26.8. The van der Waals surface area contributed by atoms with Crippen molar-refractivity contribution in [2.45, 2.75) is 13.3 Å². The number of pyridine rings is 1. The van der Waals surface area contributed by atoms with Crippen LogP contribution in [0.15, 0.2) is 30.3 Å². The van der Waals surface area contributed by atoms with Crippen LogP contribution in [0.25, 0.3) is 10.9 Å². The number of benzene rings is 1. The van der Waals surface area contributed by atoms with Crippen LogP contribution in [0.3, 0.4) is 0 Å². The molecule has 3 N–H and O–H groups in total. The highest BCUT2D eigenvalue weighted by Crippen LogP contribution is 2.19. The Labute approximate surface area is 122 Å². The van der Waals surface area contributed by atoms with Crippen LogP contribution in [0, 0.1) is 0 Å². The second-order valence-corrected chi connectivity index (χ2v) is 4.50. The van der Waals surface area contributed by atoms with E-state index in [9.17, 15) is 9.59 Å². The molecule has 2 rings (SSSR count). The van der Waals surface area contributed by atoms with Gasteiger partial charge in [0.05, 0.1) is 11.1 Å². The van der Waals surface area contributed by atoms with Crippen molar-refractivity contribution in [1.82, 2.24) is 10.3 Å². The average Bonchev–Trinajstić information content (AvgIpc) is 2.46. The third kappa shape index (κ3) is 3.68. The Morgan fingerprint density at radius 2 is 2.05 bits per heavy atom. The van der Waals surface area contributed by atoms with Gasteiger partial charge in [-0.05, 0) is 31.2 Å². The topological polar surface area (TPSA) is 91.3 Å². The van der Waals surface area contributed by atoms with Crippen molar-refractivity contribution in [3.05, 3.63) is 35.9 Å². The summed E-state index contributed by atoms with van der Waals surface area (Å²) in [6, 6.07) is 8.41. The summed E-state index contributed by atoms with van der Waals surface area (Å²) in [6.07, 6.45) is 0.364. The smallest absolute Gasteiger partial charge is 0.336 e. The predicted octanol–water partition coefficient (Wildman–Crippen LogP) is 1.87. The number of carbonyl (C=O) groups excluding carboxylic acids is 1. The molecule has 21 heavy (non-hydrogen) atoms. The highest BCUT2D eigenvalue weighted by Gasteiger charge is 2.09. The number of anilines is 1. The zero-order valence-electron chi connectivity index (χ0n) is 11.7. The van der Waals surface area contributed by atoms with Crippen molar-refractivity contribution < 1.29 is 14.7 Å². The zero-order valence-corrected chi connectivity index (χ0v) is 11.7. The quantitative estimate of drug-likeness (QED) is 0.754. The van der Waals surface area contributed by atoms with Crippen LogP contribution >= 0.6 is 0 Å². The van der Waals surface area contributed by atoms with Crippen molar-refractivity contribution >= 4 is 28.6 Å². The van der Waals surface area contributed by atoms with E-state index in [1.807, 2.05) is 6.92 Å². The molecule has 0 bridgehead atoms. The maximum absolute atomic E-state index is 11.3. The lowest BCUT2D eigenvalue weighted by atomic mass is 10.1. The highest BCUT2D eigenvalue weighted by atomic mass is 16.4. The first-order valence-corrected chi connectivity index (χ1v) is 6.75. The van der Waals surface area contributed by atoms with Gasteiger partial charge in [-0.2, -0.15) is 0 Å². The van der Waals surface area contributed by atoms with Crippen molar-refractivity contribution in [2.24, 2.45) is 0 Å². The number of rotatable bonds is 6. The molecule has 1 amide bonds. The van der Waals surface area contributed by atoms with Gasteiger partial charge in [0.15, 0.2) is 0 Å². The molecule has 0 unspecified atom stereocenters. The molecule has 6 nitrogen and oxygen atoms in total. The number of nitrogens with zero attached hydrogens (tertiary/aromatic N) is 1. The molecular weight excluding hydrogens is 270 g/mol. The number of carbonyl (C=O) groups is 2. The number of carboxylic acids is 1. The largest absolute Gasteiger partial charge is 0.478 e. The Bertz CT molecular complexity index is 670. The molecule has 2 aromatic rings. The van der Waals surface area contributed by atoms with Gasteiger partial charge in [-0.15, -0.1) is 0 Å². The second-order valence-electron chi connectivity index (χ2n) is 4.50. The van der Waals surface area contributed by atoms with Crippen LogP contribution in [-0.2, 0) is 4.79 Å². The number of carboxylic acid groups (broad SMARTS) is 1. The van der Waals surface area contributed by atoms with Gasteiger partial charge in [0.25, 0.3) is 0 Å². The van der Waals surface area contributed by atoms with Crippen molar-refractivity contribution in [3.8, 4) is 0 Å². The first-order valence-electron chi connectivity index (χ1n) is 6.75. The fraction of sp³-hybridized carbons (Fsp3) is 0.267. The van der Waals surface area contributed by atoms with E-state index in [1.54, 1.807) is 30.3 Å². The first-order chi connectivity index (χ1) is 10.1. The summed E-state index contributed by atoms with van der Waals surface area (Å²) in [5.41, 5.74) is 0.840. The zero-order chi connectivity index (χ0) is 15.2. The maximum atomic E-state index is 11.3. The van der Waals surface area contributed by atoms with E-state index in [-0.39, 0.29) is 11.5 Å². The van der Waals surface area contributed by atoms with Crippen LogP contribution < -0.4 is 10.6 Å². The lowest BCUT2D eigenvalue weighted by Gasteiger charge is -2.08. The monoisotopic (exact) mass is 287 g/mol. The van der Waals surface area contributed by atoms with Crippen LogP contribution in [0.4, 0.5) is 5.82 Å². The van der Waals surface area contributed by atoms with Crippen LogP contribution in [0.2, 0.25) is 0 Å². The predicted molar refractivity (Wildman–Crippen MR) is 80.5 cm³/mol. The summed E-state index contributed by atoms with van der Waals surface area (Å²) in [5, 5.41) is 15.5. The van der Waals surface area contributed by atoms with Crippen LogP contribution in [-0.4, -0.2) is 35.1 Å². The van der Waals surface area contributed by atoms with E-state index in [1.165, 1.54) is 0 Å². The molecule has 0 atom stereocenters. The lowest BCUT2D eigenvalue weighted by Crippen LogP contribution is -2.24. The number of aromatic carboxylic acids is 1.